The van der Waals surface area contributed by atoms with E-state index in [2.05, 4.69) is 15.3 Å². The molecule has 2 aromatic carbocycles. The number of hydrogen-bond donors (Lipinski definition) is 3. The lowest BCUT2D eigenvalue weighted by Crippen LogP contribution is -2.22. The predicted octanol–water partition coefficient (Wildman–Crippen LogP) is 5.18. The average Bonchev–Trinajstić information content (AvgIpc) is 3.30. The number of hydrogen-bond acceptors (Lipinski definition) is 2. The fourth-order valence-corrected chi connectivity index (χ4v) is 4.09. The molecule has 5 nitrogen and oxygen atoms in total. The Morgan fingerprint density at radius 3 is 1.93 bits per heavy atom. The summed E-state index contributed by atoms with van der Waals surface area (Å²) in [5.74, 6) is -0.932. The summed E-state index contributed by atoms with van der Waals surface area (Å²) in [7, 11) is 0. The second kappa shape index (κ2) is 6.14. The van der Waals surface area contributed by atoms with Crippen molar-refractivity contribution in [2.45, 2.75) is 0 Å². The third-order valence-electron chi connectivity index (χ3n) is 4.84. The molecule has 3 N–H and O–H groups in total. The lowest BCUT2D eigenvalue weighted by atomic mass is 9.95. The molecule has 1 aliphatic heterocycles. The number of nitrogens with one attached hydrogen (secondary N) is 3. The number of rotatable bonds is 2. The van der Waals surface area contributed by atoms with Crippen LogP contribution in [0.1, 0.15) is 11.1 Å². The summed E-state index contributed by atoms with van der Waals surface area (Å²) in [6.45, 7) is 0. The lowest BCUT2D eigenvalue weighted by molar-refractivity contribution is -0.122. The predicted molar refractivity (Wildman–Crippen MR) is 112 cm³/mol. The summed E-state index contributed by atoms with van der Waals surface area (Å²) in [6, 6.07) is 8.70. The molecule has 0 bridgehead atoms. The summed E-state index contributed by atoms with van der Waals surface area (Å²) >= 11 is 18.4. The highest BCUT2D eigenvalue weighted by Gasteiger charge is 2.34. The minimum atomic E-state index is -0.469. The van der Waals surface area contributed by atoms with Crippen molar-refractivity contribution in [2.24, 2.45) is 0 Å². The van der Waals surface area contributed by atoms with Crippen LogP contribution in [-0.4, -0.2) is 21.8 Å². The Balaban J connectivity index is 1.84. The van der Waals surface area contributed by atoms with Gasteiger partial charge in [0, 0.05) is 50.3 Å². The van der Waals surface area contributed by atoms with Gasteiger partial charge in [-0.1, -0.05) is 34.8 Å². The molecular weight excluding hydrogens is 421 g/mol. The summed E-state index contributed by atoms with van der Waals surface area (Å²) in [5, 5.41) is 5.14. The maximum Gasteiger partial charge on any atom is 0.259 e. The summed E-state index contributed by atoms with van der Waals surface area (Å²) in [4.78, 5) is 31.6. The fraction of sp³-hybridized carbons (Fsp3) is 0. The van der Waals surface area contributed by atoms with Gasteiger partial charge in [0.25, 0.3) is 11.8 Å². The van der Waals surface area contributed by atoms with E-state index in [0.29, 0.717) is 37.1 Å². The van der Waals surface area contributed by atoms with E-state index < -0.39 is 11.8 Å². The van der Waals surface area contributed by atoms with Gasteiger partial charge in [0.05, 0.1) is 21.2 Å². The summed E-state index contributed by atoms with van der Waals surface area (Å²) in [6.07, 6.45) is 3.37. The van der Waals surface area contributed by atoms with E-state index in [0.717, 1.165) is 10.9 Å². The van der Waals surface area contributed by atoms with Gasteiger partial charge in [0.1, 0.15) is 0 Å². The molecule has 0 fully saturated rings. The molecule has 2 aromatic heterocycles. The fourth-order valence-electron chi connectivity index (χ4n) is 3.59. The third-order valence-corrected chi connectivity index (χ3v) is 5.79. The zero-order valence-corrected chi connectivity index (χ0v) is 16.3. The Kier molecular flexibility index (Phi) is 3.81. The number of aromatic nitrogens is 2. The standard InChI is InChI=1S/C20H10Cl3N3O2/c21-8-1-2-15-9(3-8)11(6-24-15)17-18(20(28)26-19(17)27)12-7-25-16-5-14(23)13(22)4-10(12)16/h1-7,24-25H,(H,26,27,28). The molecule has 0 aliphatic carbocycles. The number of H-pyrrole nitrogens is 2. The topological polar surface area (TPSA) is 77.8 Å². The van der Waals surface area contributed by atoms with Crippen LogP contribution in [0, 0.1) is 0 Å². The highest BCUT2D eigenvalue weighted by molar-refractivity contribution is 6.51. The van der Waals surface area contributed by atoms with Gasteiger partial charge in [-0.2, -0.15) is 0 Å². The van der Waals surface area contributed by atoms with Gasteiger partial charge >= 0.3 is 0 Å². The van der Waals surface area contributed by atoms with Crippen molar-refractivity contribution in [1.82, 2.24) is 15.3 Å². The van der Waals surface area contributed by atoms with Crippen molar-refractivity contribution in [1.29, 1.82) is 0 Å². The van der Waals surface area contributed by atoms with Crippen LogP contribution in [0.3, 0.4) is 0 Å². The maximum absolute atomic E-state index is 12.7. The second-order valence-electron chi connectivity index (χ2n) is 6.44. The largest absolute Gasteiger partial charge is 0.361 e. The quantitative estimate of drug-likeness (QED) is 0.383. The normalized spacial score (nSPS) is 14.5. The van der Waals surface area contributed by atoms with Crippen LogP contribution in [0.5, 0.6) is 0 Å². The van der Waals surface area contributed by atoms with Crippen LogP contribution < -0.4 is 5.32 Å². The minimum Gasteiger partial charge on any atom is -0.361 e. The monoisotopic (exact) mass is 429 g/mol. The van der Waals surface area contributed by atoms with E-state index in [4.69, 9.17) is 34.8 Å². The van der Waals surface area contributed by atoms with Gasteiger partial charge in [-0.05, 0) is 30.3 Å². The third kappa shape index (κ3) is 2.48. The highest BCUT2D eigenvalue weighted by atomic mass is 35.5. The van der Waals surface area contributed by atoms with Crippen LogP contribution in [0.4, 0.5) is 0 Å². The van der Waals surface area contributed by atoms with Gasteiger partial charge < -0.3 is 9.97 Å². The van der Waals surface area contributed by atoms with Crippen molar-refractivity contribution in [3.63, 3.8) is 0 Å². The van der Waals surface area contributed by atoms with Gasteiger partial charge in [0.15, 0.2) is 0 Å². The Morgan fingerprint density at radius 2 is 1.25 bits per heavy atom. The first-order valence-corrected chi connectivity index (χ1v) is 9.41. The molecular formula is C20H10Cl3N3O2. The van der Waals surface area contributed by atoms with Gasteiger partial charge in [0.2, 0.25) is 0 Å². The van der Waals surface area contributed by atoms with Crippen LogP contribution in [0.15, 0.2) is 42.7 Å². The van der Waals surface area contributed by atoms with Crippen molar-refractivity contribution < 1.29 is 9.59 Å². The first-order valence-electron chi connectivity index (χ1n) is 8.27. The van der Waals surface area contributed by atoms with Crippen molar-refractivity contribution in [3.8, 4) is 0 Å². The average molecular weight is 431 g/mol. The Labute approximate surface area is 173 Å². The number of fused-ring (bicyclic) bond motifs is 2. The molecule has 2 amide bonds. The number of aromatic amines is 2. The molecule has 0 saturated carbocycles. The molecule has 4 aromatic rings. The Hall–Kier alpha value is -2.73. The van der Waals surface area contributed by atoms with Crippen LogP contribution in [0.2, 0.25) is 15.1 Å². The molecule has 0 radical (unpaired) electrons. The van der Waals surface area contributed by atoms with Crippen molar-refractivity contribution >= 4 is 79.6 Å². The number of carbonyl (C=O) groups is 2. The first-order chi connectivity index (χ1) is 13.4. The molecule has 3 heterocycles. The van der Waals surface area contributed by atoms with Crippen molar-refractivity contribution in [3.05, 3.63) is 68.9 Å². The van der Waals surface area contributed by atoms with Gasteiger partial charge in [-0.25, -0.2) is 0 Å². The van der Waals surface area contributed by atoms with Gasteiger partial charge in [-0.15, -0.1) is 0 Å². The van der Waals surface area contributed by atoms with E-state index in [1.165, 1.54) is 0 Å². The zero-order chi connectivity index (χ0) is 19.6. The van der Waals surface area contributed by atoms with Gasteiger partial charge in [-0.3, -0.25) is 14.9 Å². The molecule has 0 unspecified atom stereocenters. The Bertz CT molecular complexity index is 1360. The molecule has 5 rings (SSSR count). The van der Waals surface area contributed by atoms with Crippen LogP contribution in [0.25, 0.3) is 33.0 Å². The maximum atomic E-state index is 12.7. The number of imide groups is 1. The smallest absolute Gasteiger partial charge is 0.259 e. The van der Waals surface area contributed by atoms with Crippen molar-refractivity contribution in [2.75, 3.05) is 0 Å². The van der Waals surface area contributed by atoms with E-state index in [9.17, 15) is 9.59 Å². The number of halogens is 3. The number of amides is 2. The van der Waals surface area contributed by atoms with E-state index in [-0.39, 0.29) is 11.1 Å². The molecule has 0 atom stereocenters. The molecule has 8 heteroatoms. The second-order valence-corrected chi connectivity index (χ2v) is 7.69. The molecule has 28 heavy (non-hydrogen) atoms. The van der Waals surface area contributed by atoms with E-state index in [1.807, 2.05) is 6.07 Å². The summed E-state index contributed by atoms with van der Waals surface area (Å²) in [5.41, 5.74) is 3.26. The Morgan fingerprint density at radius 1 is 0.679 bits per heavy atom. The summed E-state index contributed by atoms with van der Waals surface area (Å²) < 4.78 is 0. The number of benzene rings is 2. The lowest BCUT2D eigenvalue weighted by Gasteiger charge is -2.04. The first kappa shape index (κ1) is 17.4. The highest BCUT2D eigenvalue weighted by Crippen LogP contribution is 2.39. The minimum absolute atomic E-state index is 0.274. The SMILES string of the molecule is O=C1NC(=O)C(c2c[nH]c3cc(Cl)c(Cl)cc23)=C1c1c[nH]c2ccc(Cl)cc12. The van der Waals surface area contributed by atoms with Crippen LogP contribution >= 0.6 is 34.8 Å². The molecule has 1 aliphatic rings. The number of carbonyl (C=O) groups excluding carboxylic acids is 2. The molecule has 138 valence electrons. The molecule has 0 saturated heterocycles. The van der Waals surface area contributed by atoms with E-state index >= 15 is 0 Å². The van der Waals surface area contributed by atoms with E-state index in [1.54, 1.807) is 36.7 Å². The van der Waals surface area contributed by atoms with Crippen LogP contribution in [-0.2, 0) is 9.59 Å². The zero-order valence-electron chi connectivity index (χ0n) is 14.0. The molecule has 0 spiro atoms.